The molecule has 14 heavy (non-hydrogen) atoms. The molecule has 1 aromatic carbocycles. The summed E-state index contributed by atoms with van der Waals surface area (Å²) in [4.78, 5) is 0. The first-order chi connectivity index (χ1) is 6.72. The van der Waals surface area contributed by atoms with Crippen LogP contribution in [0, 0.1) is 6.92 Å². The smallest absolute Gasteiger partial charge is 0.124 e. The molecule has 0 atom stereocenters. The molecule has 2 nitrogen and oxygen atoms in total. The summed E-state index contributed by atoms with van der Waals surface area (Å²) in [6.45, 7) is 4.93. The maximum absolute atomic E-state index is 5.54. The largest absolute Gasteiger partial charge is 0.496 e. The Labute approximate surface area is 86.1 Å². The van der Waals surface area contributed by atoms with Gasteiger partial charge in [-0.25, -0.2) is 0 Å². The number of rotatable bonds is 4. The maximum Gasteiger partial charge on any atom is 0.124 e. The third-order valence-corrected chi connectivity index (χ3v) is 2.43. The highest BCUT2D eigenvalue weighted by atomic mass is 16.5. The van der Waals surface area contributed by atoms with E-state index in [1.54, 1.807) is 7.11 Å². The van der Waals surface area contributed by atoms with Gasteiger partial charge in [0.1, 0.15) is 5.75 Å². The molecule has 0 bridgehead atoms. The average molecular weight is 193 g/mol. The van der Waals surface area contributed by atoms with Gasteiger partial charge >= 0.3 is 0 Å². The molecule has 0 saturated carbocycles. The number of hydrogen-bond acceptors (Lipinski definition) is 2. The Hall–Kier alpha value is -1.02. The molecular formula is C12H19NO. The van der Waals surface area contributed by atoms with Crippen LogP contribution < -0.4 is 10.5 Å². The highest BCUT2D eigenvalue weighted by Crippen LogP contribution is 2.25. The molecule has 0 heterocycles. The minimum absolute atomic E-state index is 0.703. The van der Waals surface area contributed by atoms with Gasteiger partial charge in [0.25, 0.3) is 0 Å². The van der Waals surface area contributed by atoms with E-state index in [1.165, 1.54) is 16.7 Å². The Kier molecular flexibility index (Phi) is 3.96. The quantitative estimate of drug-likeness (QED) is 0.794. The van der Waals surface area contributed by atoms with E-state index in [9.17, 15) is 0 Å². The van der Waals surface area contributed by atoms with Gasteiger partial charge in [0, 0.05) is 0 Å². The third-order valence-electron chi connectivity index (χ3n) is 2.43. The molecule has 0 aliphatic heterocycles. The van der Waals surface area contributed by atoms with Gasteiger partial charge in [0.05, 0.1) is 7.11 Å². The second-order valence-corrected chi connectivity index (χ2v) is 3.50. The number of benzene rings is 1. The van der Waals surface area contributed by atoms with Gasteiger partial charge in [0.15, 0.2) is 0 Å². The van der Waals surface area contributed by atoms with Crippen LogP contribution in [0.3, 0.4) is 0 Å². The van der Waals surface area contributed by atoms with Crippen molar-refractivity contribution >= 4 is 0 Å². The summed E-state index contributed by atoms with van der Waals surface area (Å²) in [5, 5.41) is 0. The predicted octanol–water partition coefficient (Wildman–Crippen LogP) is 2.07. The first-order valence-electron chi connectivity index (χ1n) is 5.09. The Morgan fingerprint density at radius 1 is 1.36 bits per heavy atom. The van der Waals surface area contributed by atoms with Crippen molar-refractivity contribution in [2.45, 2.75) is 26.7 Å². The molecule has 0 radical (unpaired) electrons. The van der Waals surface area contributed by atoms with Crippen LogP contribution in [0.1, 0.15) is 23.6 Å². The van der Waals surface area contributed by atoms with Crippen molar-refractivity contribution in [2.24, 2.45) is 5.73 Å². The molecule has 0 amide bonds. The fourth-order valence-corrected chi connectivity index (χ4v) is 1.79. The number of aryl methyl sites for hydroxylation is 2. The molecule has 0 aromatic heterocycles. The van der Waals surface area contributed by atoms with Crippen LogP contribution in [-0.2, 0) is 12.8 Å². The zero-order valence-corrected chi connectivity index (χ0v) is 9.26. The van der Waals surface area contributed by atoms with Crippen LogP contribution in [-0.4, -0.2) is 13.7 Å². The molecular weight excluding hydrogens is 174 g/mol. The highest BCUT2D eigenvalue weighted by molar-refractivity contribution is 5.44. The lowest BCUT2D eigenvalue weighted by Crippen LogP contribution is -2.04. The summed E-state index contributed by atoms with van der Waals surface area (Å²) >= 11 is 0. The zero-order chi connectivity index (χ0) is 10.6. The van der Waals surface area contributed by atoms with E-state index in [2.05, 4.69) is 26.0 Å². The van der Waals surface area contributed by atoms with Crippen molar-refractivity contribution in [3.05, 3.63) is 28.8 Å². The molecule has 2 N–H and O–H groups in total. The van der Waals surface area contributed by atoms with Crippen molar-refractivity contribution in [3.63, 3.8) is 0 Å². The van der Waals surface area contributed by atoms with Crippen LogP contribution in [0.2, 0.25) is 0 Å². The van der Waals surface area contributed by atoms with E-state index >= 15 is 0 Å². The fraction of sp³-hybridized carbons (Fsp3) is 0.500. The zero-order valence-electron chi connectivity index (χ0n) is 9.26. The van der Waals surface area contributed by atoms with Crippen LogP contribution in [0.25, 0.3) is 0 Å². The van der Waals surface area contributed by atoms with E-state index in [4.69, 9.17) is 10.5 Å². The second kappa shape index (κ2) is 5.01. The van der Waals surface area contributed by atoms with Gasteiger partial charge in [-0.05, 0) is 43.0 Å². The lowest BCUT2D eigenvalue weighted by atomic mass is 10.0. The summed E-state index contributed by atoms with van der Waals surface area (Å²) < 4.78 is 5.37. The Balaban J connectivity index is 3.10. The van der Waals surface area contributed by atoms with E-state index in [-0.39, 0.29) is 0 Å². The van der Waals surface area contributed by atoms with Crippen LogP contribution in [0.15, 0.2) is 12.1 Å². The van der Waals surface area contributed by atoms with Gasteiger partial charge < -0.3 is 10.5 Å². The van der Waals surface area contributed by atoms with Crippen LogP contribution in [0.4, 0.5) is 0 Å². The van der Waals surface area contributed by atoms with Crippen molar-refractivity contribution in [3.8, 4) is 5.75 Å². The number of hydrogen-bond donors (Lipinski definition) is 1. The Bertz CT molecular complexity index is 307. The summed E-state index contributed by atoms with van der Waals surface area (Å²) in [6.07, 6.45) is 1.94. The van der Waals surface area contributed by atoms with Gasteiger partial charge in [-0.3, -0.25) is 0 Å². The van der Waals surface area contributed by atoms with Gasteiger partial charge in [0.2, 0.25) is 0 Å². The summed E-state index contributed by atoms with van der Waals surface area (Å²) in [6, 6.07) is 4.35. The average Bonchev–Trinajstić information content (AvgIpc) is 2.17. The summed E-state index contributed by atoms with van der Waals surface area (Å²) in [5.74, 6) is 1.02. The van der Waals surface area contributed by atoms with Crippen molar-refractivity contribution in [1.82, 2.24) is 0 Å². The predicted molar refractivity (Wildman–Crippen MR) is 59.9 cm³/mol. The molecule has 0 unspecified atom stereocenters. The molecule has 1 aromatic rings. The minimum Gasteiger partial charge on any atom is -0.496 e. The van der Waals surface area contributed by atoms with E-state index in [0.717, 1.165) is 18.6 Å². The maximum atomic E-state index is 5.54. The topological polar surface area (TPSA) is 35.2 Å². The van der Waals surface area contributed by atoms with Gasteiger partial charge in [-0.2, -0.15) is 0 Å². The van der Waals surface area contributed by atoms with Crippen LogP contribution >= 0.6 is 0 Å². The summed E-state index contributed by atoms with van der Waals surface area (Å²) in [5.41, 5.74) is 9.33. The van der Waals surface area contributed by atoms with Crippen LogP contribution in [0.5, 0.6) is 5.75 Å². The van der Waals surface area contributed by atoms with Crippen molar-refractivity contribution in [2.75, 3.05) is 13.7 Å². The Morgan fingerprint density at radius 2 is 2.07 bits per heavy atom. The first-order valence-corrected chi connectivity index (χ1v) is 5.09. The molecule has 1 rings (SSSR count). The monoisotopic (exact) mass is 193 g/mol. The van der Waals surface area contributed by atoms with E-state index < -0.39 is 0 Å². The molecule has 0 spiro atoms. The fourth-order valence-electron chi connectivity index (χ4n) is 1.79. The van der Waals surface area contributed by atoms with Gasteiger partial charge in [-0.1, -0.05) is 19.1 Å². The SMILES string of the molecule is CCc1cc(CCN)cc(C)c1OC. The second-order valence-electron chi connectivity index (χ2n) is 3.50. The number of ether oxygens (including phenoxy) is 1. The van der Waals surface area contributed by atoms with E-state index in [0.29, 0.717) is 6.54 Å². The number of methoxy groups -OCH3 is 1. The summed E-state index contributed by atoms with van der Waals surface area (Å²) in [7, 11) is 1.73. The third kappa shape index (κ3) is 2.26. The normalized spacial score (nSPS) is 10.3. The van der Waals surface area contributed by atoms with Crippen molar-refractivity contribution < 1.29 is 4.74 Å². The molecule has 78 valence electrons. The highest BCUT2D eigenvalue weighted by Gasteiger charge is 2.06. The van der Waals surface area contributed by atoms with Crippen molar-refractivity contribution in [1.29, 1.82) is 0 Å². The van der Waals surface area contributed by atoms with E-state index in [1.807, 2.05) is 0 Å². The lowest BCUT2D eigenvalue weighted by molar-refractivity contribution is 0.407. The Morgan fingerprint density at radius 3 is 2.57 bits per heavy atom. The lowest BCUT2D eigenvalue weighted by Gasteiger charge is -2.12. The molecule has 2 heteroatoms. The first kappa shape index (κ1) is 11.1. The number of nitrogens with two attached hydrogens (primary N) is 1. The molecule has 0 fully saturated rings. The van der Waals surface area contributed by atoms with Gasteiger partial charge in [-0.15, -0.1) is 0 Å². The standard InChI is InChI=1S/C12H19NO/c1-4-11-8-10(5-6-13)7-9(2)12(11)14-3/h7-8H,4-6,13H2,1-3H3. The minimum atomic E-state index is 0.703. The molecule has 0 aliphatic carbocycles. The molecule has 0 saturated heterocycles. The molecule has 0 aliphatic rings.